The maximum Gasteiger partial charge on any atom is 0.154 e. The second-order valence-electron chi connectivity index (χ2n) is 5.45. The number of aromatic nitrogens is 1. The second kappa shape index (κ2) is 5.66. The molecule has 4 heteroatoms. The highest BCUT2D eigenvalue weighted by Crippen LogP contribution is 2.34. The standard InChI is InChI=1S/C14H20Cl2N2/c1-8-5-4-6-11(10(8)3)17-13-9(2)7-12(15)18-14(13)16/h7-8,10-11,17H,4-6H2,1-3H3. The number of nitrogens with one attached hydrogen (secondary N) is 1. The average Bonchev–Trinajstić information content (AvgIpc) is 2.28. The van der Waals surface area contributed by atoms with Gasteiger partial charge in [0.1, 0.15) is 5.15 Å². The Morgan fingerprint density at radius 1 is 1.28 bits per heavy atom. The lowest BCUT2D eigenvalue weighted by Gasteiger charge is -2.35. The Bertz CT molecular complexity index is 411. The quantitative estimate of drug-likeness (QED) is 0.780. The topological polar surface area (TPSA) is 24.9 Å². The van der Waals surface area contributed by atoms with Gasteiger partial charge in [0.25, 0.3) is 0 Å². The fraction of sp³-hybridized carbons (Fsp3) is 0.643. The molecule has 2 rings (SSSR count). The number of anilines is 1. The van der Waals surface area contributed by atoms with Crippen molar-refractivity contribution in [1.82, 2.24) is 4.98 Å². The van der Waals surface area contributed by atoms with E-state index in [-0.39, 0.29) is 0 Å². The molecular formula is C14H20Cl2N2. The Kier molecular flexibility index (Phi) is 4.39. The van der Waals surface area contributed by atoms with Crippen LogP contribution < -0.4 is 5.32 Å². The first-order valence-corrected chi connectivity index (χ1v) is 7.33. The van der Waals surface area contributed by atoms with Gasteiger partial charge in [-0.15, -0.1) is 0 Å². The fourth-order valence-corrected chi connectivity index (χ4v) is 3.33. The van der Waals surface area contributed by atoms with E-state index in [1.807, 2.05) is 13.0 Å². The van der Waals surface area contributed by atoms with Crippen molar-refractivity contribution in [2.24, 2.45) is 11.8 Å². The van der Waals surface area contributed by atoms with Crippen molar-refractivity contribution < 1.29 is 0 Å². The number of hydrogen-bond acceptors (Lipinski definition) is 2. The van der Waals surface area contributed by atoms with Gasteiger partial charge in [0.05, 0.1) is 5.69 Å². The van der Waals surface area contributed by atoms with Gasteiger partial charge in [-0.3, -0.25) is 0 Å². The molecule has 1 aliphatic carbocycles. The maximum absolute atomic E-state index is 6.18. The van der Waals surface area contributed by atoms with Crippen molar-refractivity contribution in [1.29, 1.82) is 0 Å². The first-order chi connectivity index (χ1) is 8.49. The van der Waals surface area contributed by atoms with Crippen LogP contribution in [0, 0.1) is 18.8 Å². The van der Waals surface area contributed by atoms with Crippen LogP contribution in [0.25, 0.3) is 0 Å². The third-order valence-corrected chi connectivity index (χ3v) is 4.64. The van der Waals surface area contributed by atoms with Crippen molar-refractivity contribution in [2.75, 3.05) is 5.32 Å². The molecule has 3 atom stereocenters. The van der Waals surface area contributed by atoms with Gasteiger partial charge in [0.15, 0.2) is 5.15 Å². The van der Waals surface area contributed by atoms with Crippen LogP contribution in [0.2, 0.25) is 10.3 Å². The van der Waals surface area contributed by atoms with E-state index < -0.39 is 0 Å². The fourth-order valence-electron chi connectivity index (χ4n) is 2.74. The van der Waals surface area contributed by atoms with E-state index in [0.717, 1.165) is 17.2 Å². The van der Waals surface area contributed by atoms with Crippen molar-refractivity contribution in [2.45, 2.75) is 46.1 Å². The van der Waals surface area contributed by atoms with Crippen molar-refractivity contribution in [3.8, 4) is 0 Å². The maximum atomic E-state index is 6.18. The van der Waals surface area contributed by atoms with Crippen LogP contribution in [0.4, 0.5) is 5.69 Å². The lowest BCUT2D eigenvalue weighted by Crippen LogP contribution is -2.35. The van der Waals surface area contributed by atoms with Crippen molar-refractivity contribution in [3.05, 3.63) is 21.9 Å². The molecular weight excluding hydrogens is 267 g/mol. The molecule has 0 radical (unpaired) electrons. The molecule has 0 bridgehead atoms. The number of hydrogen-bond donors (Lipinski definition) is 1. The van der Waals surface area contributed by atoms with Crippen LogP contribution >= 0.6 is 23.2 Å². The highest BCUT2D eigenvalue weighted by molar-refractivity contribution is 6.34. The van der Waals surface area contributed by atoms with Crippen LogP contribution in [0.5, 0.6) is 0 Å². The molecule has 0 saturated heterocycles. The zero-order valence-electron chi connectivity index (χ0n) is 11.1. The van der Waals surface area contributed by atoms with Gasteiger partial charge in [-0.2, -0.15) is 0 Å². The van der Waals surface area contributed by atoms with Crippen LogP contribution in [-0.2, 0) is 0 Å². The average molecular weight is 287 g/mol. The molecule has 2 nitrogen and oxygen atoms in total. The highest BCUT2D eigenvalue weighted by atomic mass is 35.5. The molecule has 0 aromatic carbocycles. The third-order valence-electron chi connectivity index (χ3n) is 4.18. The normalized spacial score (nSPS) is 28.2. The molecule has 0 aliphatic heterocycles. The predicted molar refractivity (Wildman–Crippen MR) is 78.6 cm³/mol. The summed E-state index contributed by atoms with van der Waals surface area (Å²) in [6, 6.07) is 2.33. The number of aryl methyl sites for hydroxylation is 1. The van der Waals surface area contributed by atoms with Crippen LogP contribution in [0.3, 0.4) is 0 Å². The Morgan fingerprint density at radius 2 is 2.00 bits per heavy atom. The summed E-state index contributed by atoms with van der Waals surface area (Å²) < 4.78 is 0. The molecule has 100 valence electrons. The van der Waals surface area contributed by atoms with E-state index in [1.54, 1.807) is 0 Å². The molecule has 0 amide bonds. The zero-order chi connectivity index (χ0) is 13.3. The van der Waals surface area contributed by atoms with Gasteiger partial charge in [-0.25, -0.2) is 4.98 Å². The Labute approximate surface area is 119 Å². The first-order valence-electron chi connectivity index (χ1n) is 6.58. The summed E-state index contributed by atoms with van der Waals surface area (Å²) in [5.74, 6) is 1.42. The van der Waals surface area contributed by atoms with Crippen LogP contribution in [-0.4, -0.2) is 11.0 Å². The Balaban J connectivity index is 2.18. The van der Waals surface area contributed by atoms with Crippen molar-refractivity contribution >= 4 is 28.9 Å². The van der Waals surface area contributed by atoms with E-state index in [2.05, 4.69) is 24.1 Å². The molecule has 1 N–H and O–H groups in total. The van der Waals surface area contributed by atoms with Crippen molar-refractivity contribution in [3.63, 3.8) is 0 Å². The van der Waals surface area contributed by atoms with Gasteiger partial charge < -0.3 is 5.32 Å². The minimum absolute atomic E-state index is 0.452. The number of halogens is 2. The smallest absolute Gasteiger partial charge is 0.154 e. The molecule has 1 heterocycles. The second-order valence-corrected chi connectivity index (χ2v) is 6.19. The van der Waals surface area contributed by atoms with E-state index in [1.165, 1.54) is 19.3 Å². The van der Waals surface area contributed by atoms with E-state index in [9.17, 15) is 0 Å². The largest absolute Gasteiger partial charge is 0.379 e. The Hall–Kier alpha value is -0.470. The molecule has 1 aromatic rings. The van der Waals surface area contributed by atoms with Gasteiger partial charge in [-0.05, 0) is 36.8 Å². The molecule has 1 aromatic heterocycles. The number of nitrogens with zero attached hydrogens (tertiary/aromatic N) is 1. The summed E-state index contributed by atoms with van der Waals surface area (Å²) in [6.45, 7) is 6.65. The van der Waals surface area contributed by atoms with Crippen LogP contribution in [0.15, 0.2) is 6.07 Å². The van der Waals surface area contributed by atoms with Gasteiger partial charge in [0, 0.05) is 6.04 Å². The monoisotopic (exact) mass is 286 g/mol. The zero-order valence-corrected chi connectivity index (χ0v) is 12.6. The highest BCUT2D eigenvalue weighted by Gasteiger charge is 2.27. The van der Waals surface area contributed by atoms with E-state index in [4.69, 9.17) is 23.2 Å². The summed E-state index contributed by atoms with van der Waals surface area (Å²) in [5, 5.41) is 4.50. The molecule has 1 fully saturated rings. The number of rotatable bonds is 2. The van der Waals surface area contributed by atoms with Gasteiger partial charge in [-0.1, -0.05) is 49.9 Å². The van der Waals surface area contributed by atoms with E-state index >= 15 is 0 Å². The van der Waals surface area contributed by atoms with Crippen LogP contribution in [0.1, 0.15) is 38.7 Å². The van der Waals surface area contributed by atoms with Gasteiger partial charge >= 0.3 is 0 Å². The summed E-state index contributed by atoms with van der Waals surface area (Å²) in [6.07, 6.45) is 3.80. The Morgan fingerprint density at radius 3 is 2.67 bits per heavy atom. The van der Waals surface area contributed by atoms with Gasteiger partial charge in [0.2, 0.25) is 0 Å². The summed E-state index contributed by atoms with van der Waals surface area (Å²) >= 11 is 12.1. The number of pyridine rings is 1. The molecule has 3 unspecified atom stereocenters. The molecule has 1 aliphatic rings. The molecule has 18 heavy (non-hydrogen) atoms. The minimum Gasteiger partial charge on any atom is -0.379 e. The summed E-state index contributed by atoms with van der Waals surface area (Å²) in [5.41, 5.74) is 2.00. The molecule has 1 saturated carbocycles. The lowest BCUT2D eigenvalue weighted by atomic mass is 9.78. The SMILES string of the molecule is Cc1cc(Cl)nc(Cl)c1NC1CCCC(C)C1C. The summed E-state index contributed by atoms with van der Waals surface area (Å²) in [7, 11) is 0. The first kappa shape index (κ1) is 14.0. The minimum atomic E-state index is 0.452. The predicted octanol–water partition coefficient (Wildman–Crippen LogP) is 4.93. The third kappa shape index (κ3) is 2.92. The van der Waals surface area contributed by atoms with E-state index in [0.29, 0.717) is 22.3 Å². The molecule has 0 spiro atoms. The summed E-state index contributed by atoms with van der Waals surface area (Å²) in [4.78, 5) is 4.11. The lowest BCUT2D eigenvalue weighted by molar-refractivity contribution is 0.253.